The van der Waals surface area contributed by atoms with Gasteiger partial charge in [-0.15, -0.1) is 43.1 Å². The number of aromatic nitrogens is 29. The van der Waals surface area contributed by atoms with Crippen molar-refractivity contribution in [3.05, 3.63) is 280 Å². The summed E-state index contributed by atoms with van der Waals surface area (Å²) in [5, 5.41) is 61.6. The van der Waals surface area contributed by atoms with E-state index in [9.17, 15) is 0 Å². The Kier molecular flexibility index (Phi) is 57.4. The fourth-order valence-corrected chi connectivity index (χ4v) is 4.78. The third kappa shape index (κ3) is 66.5. The minimum absolute atomic E-state index is 1.26. The molecule has 7 N–H and O–H groups in total. The van der Waals surface area contributed by atoms with Crippen molar-refractivity contribution in [2.75, 3.05) is 0 Å². The first-order valence-electron chi connectivity index (χ1n) is 22.6. The van der Waals surface area contributed by atoms with Crippen LogP contribution in [0, 0.1) is 0 Å². The van der Waals surface area contributed by atoms with Gasteiger partial charge in [-0.1, -0.05) is 22.4 Å². The van der Waals surface area contributed by atoms with E-state index in [1.807, 2.05) is 82.4 Å². The number of nitrogens with one attached hydrogen (secondary N) is 7. The van der Waals surface area contributed by atoms with Crippen LogP contribution in [0.1, 0.15) is 0 Å². The molecular weight excluding hydrogens is 1200 g/mol. The minimum Gasteiger partial charge on any atom is -0.473 e. The van der Waals surface area contributed by atoms with Gasteiger partial charge in [-0.25, -0.2) is 39.3 Å². The van der Waals surface area contributed by atoms with E-state index in [2.05, 4.69) is 168 Å². The topological polar surface area (TPSA) is 460 Å². The average molecular weight is 1250 g/mol. The first kappa shape index (κ1) is 71.3. The molecule has 0 bridgehead atoms. The van der Waals surface area contributed by atoms with Gasteiger partial charge >= 0.3 is 0 Å². The second-order valence-corrected chi connectivity index (χ2v) is 15.2. The maximum Gasteiger partial charge on any atom is 0.213 e. The van der Waals surface area contributed by atoms with Crippen molar-refractivity contribution >= 4 is 57.1 Å². The van der Waals surface area contributed by atoms with Crippen LogP contribution in [0.15, 0.2) is 302 Å². The number of rotatable bonds is 0. The molecule has 0 saturated carbocycles. The maximum atomic E-state index is 4.58. The van der Waals surface area contributed by atoms with E-state index in [0.29, 0.717) is 0 Å². The second kappa shape index (κ2) is 68.4. The highest BCUT2D eigenvalue weighted by Gasteiger charge is 1.66. The molecule has 442 valence electrons. The highest BCUT2D eigenvalue weighted by molar-refractivity contribution is 7.08. The van der Waals surface area contributed by atoms with Crippen LogP contribution in [0.5, 0.6) is 0 Å². The number of oxazole rings is 1. The summed E-state index contributed by atoms with van der Waals surface area (Å²) in [6.45, 7) is 0. The van der Waals surface area contributed by atoms with Gasteiger partial charge in [0.2, 0.25) is 19.2 Å². The van der Waals surface area contributed by atoms with Crippen molar-refractivity contribution in [1.29, 1.82) is 0 Å². The van der Waals surface area contributed by atoms with Crippen LogP contribution in [0.25, 0.3) is 0 Å². The quantitative estimate of drug-likeness (QED) is 0.0744. The molecule has 0 aromatic carbocycles. The van der Waals surface area contributed by atoms with Gasteiger partial charge < -0.3 is 32.3 Å². The summed E-state index contributed by atoms with van der Waals surface area (Å²) in [5.74, 6) is 0. The first-order chi connectivity index (χ1) is 42.5. The molecule has 17 heterocycles. The van der Waals surface area contributed by atoms with Gasteiger partial charge in [0, 0.05) is 60.3 Å². The summed E-state index contributed by atoms with van der Waals surface area (Å²) >= 11 is 7.62. The number of imidazole rings is 1. The number of aromatic amines is 7. The van der Waals surface area contributed by atoms with Crippen molar-refractivity contribution in [3.8, 4) is 0 Å². The molecule has 0 aliphatic heterocycles. The molecule has 39 heteroatoms. The van der Waals surface area contributed by atoms with Crippen LogP contribution in [-0.4, -0.2) is 145 Å². The zero-order valence-electron chi connectivity index (χ0n) is 44.0. The van der Waals surface area contributed by atoms with E-state index < -0.39 is 0 Å². The van der Waals surface area contributed by atoms with Gasteiger partial charge in [-0.3, -0.25) is 25.4 Å². The normalized spacial score (nSPS) is 8.00. The van der Waals surface area contributed by atoms with Crippen molar-refractivity contribution in [1.82, 2.24) is 145 Å². The van der Waals surface area contributed by atoms with Crippen LogP contribution in [0.2, 0.25) is 0 Å². The molecule has 0 unspecified atom stereocenters. The molecule has 17 rings (SSSR count). The molecule has 0 atom stereocenters. The predicted molar refractivity (Wildman–Crippen MR) is 312 cm³/mol. The largest absolute Gasteiger partial charge is 0.473 e. The van der Waals surface area contributed by atoms with Gasteiger partial charge in [0.15, 0.2) is 12.7 Å². The van der Waals surface area contributed by atoms with Crippen LogP contribution in [0.3, 0.4) is 0 Å². The SMILES string of the molecule is c1c[nH]cn1.c1cc[nH]c1.c1ccoc1.c1ccsc1.c1cn[nH]c1.c1cn[nH]n1.c1cnoc1.c1cnsc1.c1cocn1.c1cscn1.c1nc[nH]n1.c1nc[nH]n1.c1nc[nH]n1.c1ncon1.c1ncsn1.c1nnco1.c1nncs1. The third-order valence-electron chi connectivity index (χ3n) is 6.00. The van der Waals surface area contributed by atoms with Crippen LogP contribution >= 0.6 is 57.1 Å². The van der Waals surface area contributed by atoms with Gasteiger partial charge in [-0.2, -0.15) is 51.5 Å². The standard InChI is InChI=1S/C4H5N.C4H4O.C4H4S.2C3H4N2.2C3H3NO.2C3H3NS.4C2H3N3.2C2H2N2O.2C2H2N2S/c3*1-2-4-5-3-1;1-2-5-3-4-1;1-2-4-5-3-1;1-2-5-3-4-1;1-2-4-5-3-1;1-2-5-3-4-1;1-2-4-5-3-1;3*1-3-2-5-4-1;1-2-4-5-3-1;1-3-4-2-5-1;1-3-2-5-4-1;1-3-4-2-5-1;1-3-2-5-4-1/h1-5H;2*1-4H;2*1-3H,(H,4,5);4*1-3H;4*1-2H,(H,3,4,5);4*1-2H. The summed E-state index contributed by atoms with van der Waals surface area (Å²) in [6.07, 6.45) is 45.3. The molecule has 34 nitrogen and oxygen atoms in total. The van der Waals surface area contributed by atoms with Crippen LogP contribution < -0.4 is 0 Å². The number of furan rings is 1. The highest BCUT2D eigenvalue weighted by atomic mass is 32.1. The summed E-state index contributed by atoms with van der Waals surface area (Å²) in [5.41, 5.74) is 6.83. The number of thiazole rings is 1. The zero-order valence-corrected chi connectivity index (χ0v) is 48.1. The monoisotopic (exact) mass is 1250 g/mol. The zero-order chi connectivity index (χ0) is 60.1. The Morgan fingerprint density at radius 1 is 0.306 bits per heavy atom. The van der Waals surface area contributed by atoms with E-state index in [1.54, 1.807) is 132 Å². The Hall–Kier alpha value is -11.7. The van der Waals surface area contributed by atoms with Gasteiger partial charge in [0.05, 0.1) is 49.2 Å². The lowest BCUT2D eigenvalue weighted by Gasteiger charge is -1.50. The molecule has 0 spiro atoms. The lowest BCUT2D eigenvalue weighted by Crippen LogP contribution is -1.61. The number of hydrogen-bond donors (Lipinski definition) is 7. The van der Waals surface area contributed by atoms with E-state index in [-0.39, 0.29) is 0 Å². The van der Waals surface area contributed by atoms with Gasteiger partial charge in [-0.05, 0) is 76.3 Å². The molecule has 0 saturated heterocycles. The lowest BCUT2D eigenvalue weighted by molar-refractivity contribution is 0.416. The summed E-state index contributed by atoms with van der Waals surface area (Å²) < 4.78 is 29.4. The molecule has 0 aliphatic rings. The van der Waals surface area contributed by atoms with E-state index in [4.69, 9.17) is 0 Å². The second-order valence-electron chi connectivity index (χ2n) is 11.7. The molecular formula is C46H53N29O5S5. The number of hydrogen-bond acceptors (Lipinski definition) is 32. The first-order valence-corrected chi connectivity index (χ1v) is 27.1. The Morgan fingerprint density at radius 2 is 1.05 bits per heavy atom. The van der Waals surface area contributed by atoms with Crippen molar-refractivity contribution in [3.63, 3.8) is 0 Å². The molecule has 17 aromatic rings. The fraction of sp³-hybridized carbons (Fsp3) is 0. The van der Waals surface area contributed by atoms with Crippen LogP contribution in [0.4, 0.5) is 0 Å². The molecule has 0 fully saturated rings. The van der Waals surface area contributed by atoms with Crippen molar-refractivity contribution < 1.29 is 22.3 Å². The Bertz CT molecular complexity index is 2000. The summed E-state index contributed by atoms with van der Waals surface area (Å²) in [7, 11) is 0. The highest BCUT2D eigenvalue weighted by Crippen LogP contribution is 1.91. The predicted octanol–water partition coefficient (Wildman–Crippen LogP) is 8.93. The van der Waals surface area contributed by atoms with E-state index >= 15 is 0 Å². The number of thiophene rings is 1. The third-order valence-corrected chi connectivity index (χ3v) is 8.54. The smallest absolute Gasteiger partial charge is 0.213 e. The van der Waals surface area contributed by atoms with Crippen molar-refractivity contribution in [2.24, 2.45) is 0 Å². The average Bonchev–Trinajstić information content (AvgIpc) is 4.45. The molecule has 0 amide bonds. The Labute approximate surface area is 502 Å². The summed E-state index contributed by atoms with van der Waals surface area (Å²) in [6, 6.07) is 17.1. The summed E-state index contributed by atoms with van der Waals surface area (Å²) in [4.78, 5) is 34.3. The molecule has 0 radical (unpaired) electrons. The Morgan fingerprint density at radius 3 is 1.22 bits per heavy atom. The van der Waals surface area contributed by atoms with Crippen molar-refractivity contribution in [2.45, 2.75) is 0 Å². The minimum atomic E-state index is 1.26. The fourth-order valence-electron chi connectivity index (χ4n) is 3.08. The van der Waals surface area contributed by atoms with Crippen LogP contribution in [-0.2, 0) is 0 Å². The van der Waals surface area contributed by atoms with Gasteiger partial charge in [0.25, 0.3) is 0 Å². The number of nitrogens with zero attached hydrogens (tertiary/aromatic N) is 22. The lowest BCUT2D eigenvalue weighted by atomic mass is 10.7. The molecule has 17 aromatic heterocycles. The molecule has 85 heavy (non-hydrogen) atoms. The van der Waals surface area contributed by atoms with E-state index in [0.717, 1.165) is 0 Å². The van der Waals surface area contributed by atoms with E-state index in [1.165, 1.54) is 123 Å². The Balaban J connectivity index is 0.000000452. The molecule has 0 aliphatic carbocycles. The maximum absolute atomic E-state index is 4.58. The van der Waals surface area contributed by atoms with Gasteiger partial charge in [0.1, 0.15) is 73.3 Å². The number of H-pyrrole nitrogens is 7.